The minimum atomic E-state index is -0.925. The molecule has 0 spiro atoms. The van der Waals surface area contributed by atoms with Gasteiger partial charge in [-0.05, 0) is 75.1 Å². The number of aromatic nitrogens is 1. The van der Waals surface area contributed by atoms with Crippen molar-refractivity contribution >= 4 is 11.6 Å². The van der Waals surface area contributed by atoms with Gasteiger partial charge in [-0.2, -0.15) is 0 Å². The van der Waals surface area contributed by atoms with E-state index in [9.17, 15) is 5.11 Å². The molecule has 1 N–H and O–H groups in total. The summed E-state index contributed by atoms with van der Waals surface area (Å²) in [6, 6.07) is 5.27. The highest BCUT2D eigenvalue weighted by atomic mass is 35.5. The van der Waals surface area contributed by atoms with Gasteiger partial charge >= 0.3 is 0 Å². The number of methoxy groups -OCH3 is 1. The van der Waals surface area contributed by atoms with Crippen LogP contribution < -0.4 is 9.47 Å². The Kier molecular flexibility index (Phi) is 8.07. The first-order chi connectivity index (χ1) is 13.3. The molecule has 1 aromatic carbocycles. The number of aliphatic hydroxyl groups is 1. The third kappa shape index (κ3) is 5.14. The number of aliphatic hydroxyl groups excluding tert-OH is 1. The maximum Gasteiger partial charge on any atom is 0.196 e. The molecule has 28 heavy (non-hydrogen) atoms. The van der Waals surface area contributed by atoms with E-state index in [1.165, 1.54) is 7.11 Å². The van der Waals surface area contributed by atoms with Crippen LogP contribution in [0.15, 0.2) is 18.2 Å². The number of ether oxygens (including phenoxy) is 4. The van der Waals surface area contributed by atoms with Crippen LogP contribution in [0.5, 0.6) is 11.5 Å². The van der Waals surface area contributed by atoms with Crippen LogP contribution in [0.2, 0.25) is 5.15 Å². The van der Waals surface area contributed by atoms with Gasteiger partial charge < -0.3 is 24.1 Å². The smallest absolute Gasteiger partial charge is 0.196 e. The molecule has 2 aromatic rings. The van der Waals surface area contributed by atoms with E-state index in [1.54, 1.807) is 12.1 Å². The summed E-state index contributed by atoms with van der Waals surface area (Å²) >= 11 is 6.18. The van der Waals surface area contributed by atoms with E-state index in [0.717, 1.165) is 28.0 Å². The lowest BCUT2D eigenvalue weighted by atomic mass is 9.92. The largest absolute Gasteiger partial charge is 0.465 e. The Hall–Kier alpha value is -1.86. The molecule has 0 aliphatic heterocycles. The minimum Gasteiger partial charge on any atom is -0.465 e. The molecule has 0 saturated carbocycles. The number of benzene rings is 1. The Morgan fingerprint density at radius 1 is 1.14 bits per heavy atom. The van der Waals surface area contributed by atoms with Crippen LogP contribution >= 0.6 is 11.6 Å². The van der Waals surface area contributed by atoms with Crippen LogP contribution in [0.4, 0.5) is 0 Å². The van der Waals surface area contributed by atoms with Crippen molar-refractivity contribution in [2.45, 2.75) is 47.0 Å². The van der Waals surface area contributed by atoms with Gasteiger partial charge in [0.05, 0.1) is 5.69 Å². The third-order valence-corrected chi connectivity index (χ3v) is 4.80. The second-order valence-electron chi connectivity index (χ2n) is 6.47. The molecule has 1 aromatic heterocycles. The quantitative estimate of drug-likeness (QED) is 0.486. The molecule has 6 nitrogen and oxygen atoms in total. The Labute approximate surface area is 171 Å². The van der Waals surface area contributed by atoms with Crippen LogP contribution in [0.3, 0.4) is 0 Å². The highest BCUT2D eigenvalue weighted by molar-refractivity contribution is 6.30. The molecule has 0 aliphatic rings. The standard InChI is InChI=1S/C21H28ClNO5/c1-7-26-15(5)28-18-10-12(2)19(14(4)13(18)3)20(24)16-8-9-17(21(22)23-16)27-11-25-6/h8-10,15,20,24H,7,11H2,1-6H3. The fourth-order valence-corrected chi connectivity index (χ4v) is 3.24. The number of aryl methyl sites for hydroxylation is 1. The van der Waals surface area contributed by atoms with Gasteiger partial charge in [-0.3, -0.25) is 0 Å². The molecule has 2 rings (SSSR count). The van der Waals surface area contributed by atoms with E-state index >= 15 is 0 Å². The average Bonchev–Trinajstić information content (AvgIpc) is 2.65. The lowest BCUT2D eigenvalue weighted by Gasteiger charge is -2.23. The molecule has 0 amide bonds. The zero-order chi connectivity index (χ0) is 20.8. The molecular weight excluding hydrogens is 382 g/mol. The first-order valence-electron chi connectivity index (χ1n) is 9.15. The molecule has 1 heterocycles. The summed E-state index contributed by atoms with van der Waals surface area (Å²) in [6.07, 6.45) is -1.27. The summed E-state index contributed by atoms with van der Waals surface area (Å²) in [6.45, 7) is 10.3. The van der Waals surface area contributed by atoms with E-state index in [1.807, 2.05) is 40.7 Å². The van der Waals surface area contributed by atoms with Gasteiger partial charge in [0, 0.05) is 13.7 Å². The van der Waals surface area contributed by atoms with E-state index in [2.05, 4.69) is 4.98 Å². The Balaban J connectivity index is 2.34. The average molecular weight is 410 g/mol. The van der Waals surface area contributed by atoms with E-state index < -0.39 is 6.10 Å². The lowest BCUT2D eigenvalue weighted by molar-refractivity contribution is -0.0617. The maximum absolute atomic E-state index is 11.0. The van der Waals surface area contributed by atoms with Crippen molar-refractivity contribution in [1.82, 2.24) is 4.98 Å². The summed E-state index contributed by atoms with van der Waals surface area (Å²) in [4.78, 5) is 4.29. The number of hydrogen-bond donors (Lipinski definition) is 1. The number of pyridine rings is 1. The van der Waals surface area contributed by atoms with Crippen LogP contribution in [0.1, 0.15) is 47.9 Å². The molecule has 0 fully saturated rings. The summed E-state index contributed by atoms with van der Waals surface area (Å²) in [5, 5.41) is 11.1. The first-order valence-corrected chi connectivity index (χ1v) is 9.53. The summed E-state index contributed by atoms with van der Waals surface area (Å²) < 4.78 is 21.6. The zero-order valence-corrected chi connectivity index (χ0v) is 18.0. The lowest BCUT2D eigenvalue weighted by Crippen LogP contribution is -2.17. The SMILES string of the molecule is CCOC(C)Oc1cc(C)c(C(O)c2ccc(OCOC)c(Cl)n2)c(C)c1C. The fraction of sp³-hybridized carbons (Fsp3) is 0.476. The predicted molar refractivity (Wildman–Crippen MR) is 108 cm³/mol. The molecule has 154 valence electrons. The van der Waals surface area contributed by atoms with E-state index in [4.69, 9.17) is 30.5 Å². The van der Waals surface area contributed by atoms with Crippen LogP contribution in [-0.4, -0.2) is 36.9 Å². The highest BCUT2D eigenvalue weighted by Crippen LogP contribution is 2.35. The van der Waals surface area contributed by atoms with Crippen molar-refractivity contribution in [2.75, 3.05) is 20.5 Å². The van der Waals surface area contributed by atoms with Crippen molar-refractivity contribution in [3.05, 3.63) is 51.3 Å². The molecule has 0 aliphatic carbocycles. The molecular formula is C21H28ClNO5. The Bertz CT molecular complexity index is 812. The second-order valence-corrected chi connectivity index (χ2v) is 6.83. The molecule has 2 atom stereocenters. The summed E-state index contributed by atoms with van der Waals surface area (Å²) in [7, 11) is 1.52. The molecule has 2 unspecified atom stereocenters. The number of hydrogen-bond acceptors (Lipinski definition) is 6. The van der Waals surface area contributed by atoms with E-state index in [-0.39, 0.29) is 18.2 Å². The van der Waals surface area contributed by atoms with Gasteiger partial charge in [-0.1, -0.05) is 11.6 Å². The fourth-order valence-electron chi connectivity index (χ4n) is 3.02. The summed E-state index contributed by atoms with van der Waals surface area (Å²) in [5.74, 6) is 1.14. The van der Waals surface area contributed by atoms with Gasteiger partial charge in [-0.15, -0.1) is 0 Å². The predicted octanol–water partition coefficient (Wildman–Crippen LogP) is 4.49. The Morgan fingerprint density at radius 3 is 2.46 bits per heavy atom. The van der Waals surface area contributed by atoms with Crippen molar-refractivity contribution in [3.8, 4) is 11.5 Å². The van der Waals surface area contributed by atoms with Crippen molar-refractivity contribution in [2.24, 2.45) is 0 Å². The first kappa shape index (κ1) is 22.4. The number of halogens is 1. The van der Waals surface area contributed by atoms with Gasteiger partial charge in [0.1, 0.15) is 11.9 Å². The second kappa shape index (κ2) is 10.1. The zero-order valence-electron chi connectivity index (χ0n) is 17.2. The number of rotatable bonds is 9. The molecule has 7 heteroatoms. The van der Waals surface area contributed by atoms with Crippen molar-refractivity contribution < 1.29 is 24.1 Å². The van der Waals surface area contributed by atoms with Crippen LogP contribution in [0, 0.1) is 20.8 Å². The highest BCUT2D eigenvalue weighted by Gasteiger charge is 2.22. The Morgan fingerprint density at radius 2 is 1.86 bits per heavy atom. The van der Waals surface area contributed by atoms with Gasteiger partial charge in [-0.25, -0.2) is 4.98 Å². The van der Waals surface area contributed by atoms with Crippen molar-refractivity contribution in [1.29, 1.82) is 0 Å². The molecule has 0 radical (unpaired) electrons. The molecule has 0 saturated heterocycles. The maximum atomic E-state index is 11.0. The number of nitrogens with zero attached hydrogens (tertiary/aromatic N) is 1. The monoisotopic (exact) mass is 409 g/mol. The van der Waals surface area contributed by atoms with Crippen LogP contribution in [0.25, 0.3) is 0 Å². The third-order valence-electron chi connectivity index (χ3n) is 4.52. The van der Waals surface area contributed by atoms with Crippen LogP contribution in [-0.2, 0) is 9.47 Å². The minimum absolute atomic E-state index is 0.0718. The topological polar surface area (TPSA) is 70.0 Å². The normalized spacial score (nSPS) is 13.3. The van der Waals surface area contributed by atoms with Gasteiger partial charge in [0.2, 0.25) is 0 Å². The van der Waals surface area contributed by atoms with Crippen molar-refractivity contribution in [3.63, 3.8) is 0 Å². The van der Waals surface area contributed by atoms with E-state index in [0.29, 0.717) is 18.1 Å². The molecule has 0 bridgehead atoms. The van der Waals surface area contributed by atoms with Gasteiger partial charge in [0.25, 0.3) is 0 Å². The summed E-state index contributed by atoms with van der Waals surface area (Å²) in [5.41, 5.74) is 3.99. The van der Waals surface area contributed by atoms with Gasteiger partial charge in [0.15, 0.2) is 24.0 Å².